The molecular weight excluding hydrogens is 311 g/mol. The van der Waals surface area contributed by atoms with Crippen LogP contribution in [0, 0.1) is 23.1 Å². The summed E-state index contributed by atoms with van der Waals surface area (Å²) in [6, 6.07) is 5.20. The van der Waals surface area contributed by atoms with Gasteiger partial charge in [-0.05, 0) is 74.6 Å². The van der Waals surface area contributed by atoms with Gasteiger partial charge in [0.1, 0.15) is 5.82 Å². The maximum Gasteiger partial charge on any atom is 0.312 e. The first-order valence-electron chi connectivity index (χ1n) is 8.56. The van der Waals surface area contributed by atoms with Crippen molar-refractivity contribution in [2.24, 2.45) is 17.3 Å². The molecule has 4 fully saturated rings. The van der Waals surface area contributed by atoms with Crippen molar-refractivity contribution in [3.63, 3.8) is 0 Å². The Kier molecular flexibility index (Phi) is 3.53. The van der Waals surface area contributed by atoms with E-state index in [0.29, 0.717) is 23.8 Å². The summed E-state index contributed by atoms with van der Waals surface area (Å²) < 4.78 is 18.2. The summed E-state index contributed by atoms with van der Waals surface area (Å²) in [6.45, 7) is -0.333. The van der Waals surface area contributed by atoms with Gasteiger partial charge in [-0.1, -0.05) is 0 Å². The number of rotatable bonds is 4. The Morgan fingerprint density at radius 3 is 2.33 bits per heavy atom. The molecule has 4 bridgehead atoms. The number of aliphatic hydroxyl groups is 1. The highest BCUT2D eigenvalue weighted by molar-refractivity contribution is 5.98. The first-order valence-corrected chi connectivity index (χ1v) is 8.56. The van der Waals surface area contributed by atoms with Crippen LogP contribution in [-0.2, 0) is 9.53 Å². The molecule has 128 valence electrons. The number of carbonyl (C=O) groups excluding carboxylic acids is 2. The van der Waals surface area contributed by atoms with Crippen molar-refractivity contribution in [2.45, 2.75) is 44.1 Å². The molecule has 5 heteroatoms. The Labute approximate surface area is 140 Å². The standard InChI is InChI=1S/C19H21FO4/c20-15-3-1-14(2-4-15)16(21)10-24-17(22)18-6-12-5-13(7-18)9-19(23,8-12)11-18/h1-4,12-13,23H,5-11H2. The number of benzene rings is 1. The van der Waals surface area contributed by atoms with Crippen LogP contribution in [0.4, 0.5) is 4.39 Å². The van der Waals surface area contributed by atoms with E-state index in [-0.39, 0.29) is 18.4 Å². The van der Waals surface area contributed by atoms with E-state index in [0.717, 1.165) is 32.1 Å². The highest BCUT2D eigenvalue weighted by Crippen LogP contribution is 2.61. The molecule has 1 aromatic rings. The minimum Gasteiger partial charge on any atom is -0.457 e. The number of hydrogen-bond donors (Lipinski definition) is 1. The maximum atomic E-state index is 12.9. The highest BCUT2D eigenvalue weighted by Gasteiger charge is 2.60. The molecule has 0 aliphatic heterocycles. The van der Waals surface area contributed by atoms with Crippen molar-refractivity contribution < 1.29 is 23.8 Å². The predicted molar refractivity (Wildman–Crippen MR) is 83.8 cm³/mol. The van der Waals surface area contributed by atoms with Crippen LogP contribution >= 0.6 is 0 Å². The summed E-state index contributed by atoms with van der Waals surface area (Å²) in [4.78, 5) is 24.8. The molecule has 24 heavy (non-hydrogen) atoms. The summed E-state index contributed by atoms with van der Waals surface area (Å²) in [5.41, 5.74) is -1.03. The van der Waals surface area contributed by atoms with Crippen LogP contribution in [0.2, 0.25) is 0 Å². The fourth-order valence-corrected chi connectivity index (χ4v) is 5.46. The second-order valence-corrected chi connectivity index (χ2v) is 7.97. The Hall–Kier alpha value is -1.75. The lowest BCUT2D eigenvalue weighted by Gasteiger charge is -2.58. The Morgan fingerprint density at radius 2 is 1.75 bits per heavy atom. The lowest BCUT2D eigenvalue weighted by atomic mass is 9.48. The van der Waals surface area contributed by atoms with Crippen LogP contribution < -0.4 is 0 Å². The van der Waals surface area contributed by atoms with Crippen LogP contribution in [-0.4, -0.2) is 29.1 Å². The zero-order valence-corrected chi connectivity index (χ0v) is 13.5. The van der Waals surface area contributed by atoms with Crippen molar-refractivity contribution in [1.82, 2.24) is 0 Å². The summed E-state index contributed by atoms with van der Waals surface area (Å²) in [5.74, 6) is -0.337. The number of Topliss-reactive ketones (excluding diaryl/α,β-unsaturated/α-hetero) is 1. The largest absolute Gasteiger partial charge is 0.457 e. The van der Waals surface area contributed by atoms with Crippen molar-refractivity contribution >= 4 is 11.8 Å². The lowest BCUT2D eigenvalue weighted by molar-refractivity contribution is -0.195. The van der Waals surface area contributed by atoms with Crippen LogP contribution in [0.3, 0.4) is 0 Å². The average Bonchev–Trinajstić information content (AvgIpc) is 2.50. The van der Waals surface area contributed by atoms with Gasteiger partial charge in [-0.3, -0.25) is 9.59 Å². The Balaban J connectivity index is 1.43. The first-order chi connectivity index (χ1) is 11.4. The summed E-state index contributed by atoms with van der Waals surface area (Å²) >= 11 is 0. The zero-order valence-electron chi connectivity index (χ0n) is 13.5. The molecular formula is C19H21FO4. The van der Waals surface area contributed by atoms with E-state index in [2.05, 4.69) is 0 Å². The van der Waals surface area contributed by atoms with Gasteiger partial charge in [0.05, 0.1) is 11.0 Å². The van der Waals surface area contributed by atoms with E-state index in [4.69, 9.17) is 4.74 Å². The Bertz CT molecular complexity index is 667. The topological polar surface area (TPSA) is 63.6 Å². The third-order valence-corrected chi connectivity index (χ3v) is 5.96. The van der Waals surface area contributed by atoms with Crippen molar-refractivity contribution in [1.29, 1.82) is 0 Å². The molecule has 2 atom stereocenters. The highest BCUT2D eigenvalue weighted by atomic mass is 19.1. The number of hydrogen-bond acceptors (Lipinski definition) is 4. The maximum absolute atomic E-state index is 12.9. The van der Waals surface area contributed by atoms with Crippen LogP contribution in [0.1, 0.15) is 48.9 Å². The van der Waals surface area contributed by atoms with Gasteiger partial charge in [-0.15, -0.1) is 0 Å². The SMILES string of the molecule is O=C(COC(=O)C12CC3CC(CC(O)(C3)C1)C2)c1ccc(F)cc1. The summed E-state index contributed by atoms with van der Waals surface area (Å²) in [6.07, 6.45) is 4.63. The van der Waals surface area contributed by atoms with E-state index in [9.17, 15) is 19.1 Å². The van der Waals surface area contributed by atoms with Gasteiger partial charge in [0.15, 0.2) is 12.4 Å². The van der Waals surface area contributed by atoms with Crippen LogP contribution in [0.5, 0.6) is 0 Å². The fraction of sp³-hybridized carbons (Fsp3) is 0.579. The third-order valence-electron chi connectivity index (χ3n) is 5.96. The molecule has 4 aliphatic carbocycles. The summed E-state index contributed by atoms with van der Waals surface area (Å²) in [5, 5.41) is 10.7. The second-order valence-electron chi connectivity index (χ2n) is 7.97. The van der Waals surface area contributed by atoms with Gasteiger partial charge in [-0.25, -0.2) is 4.39 Å². The summed E-state index contributed by atoms with van der Waals surface area (Å²) in [7, 11) is 0. The number of ketones is 1. The molecule has 1 aromatic carbocycles. The number of carbonyl (C=O) groups is 2. The molecule has 4 aliphatic rings. The van der Waals surface area contributed by atoms with Gasteiger partial charge in [0, 0.05) is 5.56 Å². The van der Waals surface area contributed by atoms with Gasteiger partial charge in [-0.2, -0.15) is 0 Å². The predicted octanol–water partition coefficient (Wildman–Crippen LogP) is 2.88. The molecule has 5 rings (SSSR count). The van der Waals surface area contributed by atoms with Crippen LogP contribution in [0.15, 0.2) is 24.3 Å². The van der Waals surface area contributed by atoms with Crippen molar-refractivity contribution in [2.75, 3.05) is 6.61 Å². The number of ether oxygens (including phenoxy) is 1. The Morgan fingerprint density at radius 1 is 1.12 bits per heavy atom. The minimum absolute atomic E-state index is 0.327. The van der Waals surface area contributed by atoms with Crippen molar-refractivity contribution in [3.8, 4) is 0 Å². The molecule has 1 N–H and O–H groups in total. The van der Waals surface area contributed by atoms with Crippen LogP contribution in [0.25, 0.3) is 0 Å². The van der Waals surface area contributed by atoms with Gasteiger partial charge in [0.2, 0.25) is 0 Å². The normalized spacial score (nSPS) is 36.6. The zero-order chi connectivity index (χ0) is 16.9. The van der Waals surface area contributed by atoms with E-state index in [1.165, 1.54) is 24.3 Å². The molecule has 2 unspecified atom stereocenters. The molecule has 0 radical (unpaired) electrons. The van der Waals surface area contributed by atoms with E-state index < -0.39 is 16.8 Å². The quantitative estimate of drug-likeness (QED) is 0.680. The van der Waals surface area contributed by atoms with E-state index >= 15 is 0 Å². The first kappa shape index (κ1) is 15.8. The molecule has 0 spiro atoms. The lowest BCUT2D eigenvalue weighted by Crippen LogP contribution is -2.58. The molecule has 0 saturated heterocycles. The van der Waals surface area contributed by atoms with Gasteiger partial charge < -0.3 is 9.84 Å². The molecule has 4 saturated carbocycles. The van der Waals surface area contributed by atoms with Crippen molar-refractivity contribution in [3.05, 3.63) is 35.6 Å². The number of halogens is 1. The minimum atomic E-state index is -0.732. The fourth-order valence-electron chi connectivity index (χ4n) is 5.46. The molecule has 0 aromatic heterocycles. The molecule has 4 nitrogen and oxygen atoms in total. The second kappa shape index (κ2) is 5.38. The van der Waals surface area contributed by atoms with E-state index in [1.807, 2.05) is 0 Å². The molecule has 0 heterocycles. The number of esters is 1. The average molecular weight is 332 g/mol. The monoisotopic (exact) mass is 332 g/mol. The smallest absolute Gasteiger partial charge is 0.312 e. The van der Waals surface area contributed by atoms with Gasteiger partial charge >= 0.3 is 5.97 Å². The van der Waals surface area contributed by atoms with E-state index in [1.54, 1.807) is 0 Å². The third kappa shape index (κ3) is 2.65. The molecule has 0 amide bonds. The van der Waals surface area contributed by atoms with Gasteiger partial charge in [0.25, 0.3) is 0 Å².